The van der Waals surface area contributed by atoms with Crippen molar-refractivity contribution in [1.82, 2.24) is 9.88 Å². The number of methoxy groups -OCH3 is 1. The molecule has 11 heteroatoms. The van der Waals surface area contributed by atoms with Gasteiger partial charge in [0, 0.05) is 43.9 Å². The first-order valence-electron chi connectivity index (χ1n) is 18.6. The zero-order chi connectivity index (χ0) is 37.5. The maximum absolute atomic E-state index is 13.3. The Balaban J connectivity index is 1.73. The van der Waals surface area contributed by atoms with Crippen LogP contribution in [0.5, 0.6) is 11.5 Å². The number of unbranched alkanes of at least 4 members (excludes halogenated alkanes) is 2. The van der Waals surface area contributed by atoms with Crippen LogP contribution in [0.4, 0.5) is 4.79 Å². The standard InChI is InChI=1S/C41H57N3O8/c1-8-22-50-41-36(44(6)39(47)48-7)25-34(43-52-40(3,4)5)32-23-28(15-9-11-20-45)31(17-10-12-21-46)37(38(32)41)33-24-30(18-19-35(33)51-41)49-26-29-16-13-14-27(2)42-29/h8,13-14,16,18-19,23-24,28,31,36-38,45-46H,1,9-12,15,17,20-22,25-26H2,2-7H3. The number of nitrogens with zero attached hydrogens (tertiary/aromatic N) is 3. The van der Waals surface area contributed by atoms with Crippen LogP contribution in [0.15, 0.2) is 65.9 Å². The number of rotatable bonds is 16. The molecule has 0 saturated heterocycles. The predicted molar refractivity (Wildman–Crippen MR) is 199 cm³/mol. The van der Waals surface area contributed by atoms with Crippen molar-refractivity contribution in [2.45, 2.75) is 103 Å². The van der Waals surface area contributed by atoms with Crippen LogP contribution >= 0.6 is 0 Å². The molecular formula is C41H57N3O8. The molecule has 52 heavy (non-hydrogen) atoms. The van der Waals surface area contributed by atoms with E-state index < -0.39 is 29.4 Å². The van der Waals surface area contributed by atoms with Crippen molar-refractivity contribution in [2.75, 3.05) is 34.0 Å². The first kappa shape index (κ1) is 39.3. The summed E-state index contributed by atoms with van der Waals surface area (Å²) >= 11 is 0. The molecule has 0 bridgehead atoms. The van der Waals surface area contributed by atoms with Gasteiger partial charge in [0.05, 0.1) is 31.0 Å². The molecular weight excluding hydrogens is 662 g/mol. The van der Waals surface area contributed by atoms with E-state index in [0.29, 0.717) is 37.4 Å². The van der Waals surface area contributed by atoms with Crippen molar-refractivity contribution >= 4 is 11.8 Å². The molecule has 1 amide bonds. The van der Waals surface area contributed by atoms with Crippen molar-refractivity contribution in [2.24, 2.45) is 22.9 Å². The Kier molecular flexibility index (Phi) is 13.0. The Hall–Kier alpha value is -3.93. The third-order valence-electron chi connectivity index (χ3n) is 10.3. The van der Waals surface area contributed by atoms with Crippen molar-refractivity contribution < 1.29 is 38.8 Å². The van der Waals surface area contributed by atoms with Gasteiger partial charge in [0.2, 0.25) is 5.79 Å². The average Bonchev–Trinajstić information content (AvgIpc) is 3.12. The number of ether oxygens (including phenoxy) is 4. The highest BCUT2D eigenvalue weighted by molar-refractivity contribution is 6.02. The van der Waals surface area contributed by atoms with E-state index in [9.17, 15) is 15.0 Å². The zero-order valence-electron chi connectivity index (χ0n) is 31.7. The van der Waals surface area contributed by atoms with E-state index in [-0.39, 0.29) is 37.6 Å². The Morgan fingerprint density at radius 1 is 1.13 bits per heavy atom. The quantitative estimate of drug-likeness (QED) is 0.106. The maximum atomic E-state index is 13.3. The minimum atomic E-state index is -1.33. The molecule has 284 valence electrons. The number of likely N-dealkylation sites (N-methyl/N-ethyl adjacent to an activating group) is 1. The third-order valence-corrected chi connectivity index (χ3v) is 10.3. The summed E-state index contributed by atoms with van der Waals surface area (Å²) in [6.07, 6.45) is 8.57. The van der Waals surface area contributed by atoms with Gasteiger partial charge in [-0.2, -0.15) is 0 Å². The van der Waals surface area contributed by atoms with Crippen LogP contribution < -0.4 is 9.47 Å². The lowest BCUT2D eigenvalue weighted by Crippen LogP contribution is -2.69. The lowest BCUT2D eigenvalue weighted by molar-refractivity contribution is -0.253. The average molecular weight is 720 g/mol. The number of allylic oxidation sites excluding steroid dienone is 1. The van der Waals surface area contributed by atoms with Crippen LogP contribution in [0, 0.1) is 24.7 Å². The van der Waals surface area contributed by atoms with Crippen LogP contribution in [-0.2, 0) is 20.9 Å². The Bertz CT molecular complexity index is 1600. The first-order valence-corrected chi connectivity index (χ1v) is 18.6. The van der Waals surface area contributed by atoms with Crippen LogP contribution in [0.1, 0.15) is 88.6 Å². The summed E-state index contributed by atoms with van der Waals surface area (Å²) in [5.74, 6) is -0.315. The number of carbonyl (C=O) groups excluding carboxylic acids is 1. The van der Waals surface area contributed by atoms with Crippen molar-refractivity contribution in [3.05, 3.63) is 77.7 Å². The van der Waals surface area contributed by atoms with E-state index in [0.717, 1.165) is 53.9 Å². The number of aromatic nitrogens is 1. The molecule has 2 aliphatic carbocycles. The number of fused-ring (bicyclic) bond motifs is 2. The van der Waals surface area contributed by atoms with Gasteiger partial charge in [-0.1, -0.05) is 36.2 Å². The summed E-state index contributed by atoms with van der Waals surface area (Å²) < 4.78 is 25.6. The topological polar surface area (TPSA) is 132 Å². The summed E-state index contributed by atoms with van der Waals surface area (Å²) in [5, 5.41) is 24.4. The van der Waals surface area contributed by atoms with Crippen LogP contribution in [-0.4, -0.2) is 83.3 Å². The Labute approximate surface area is 308 Å². The van der Waals surface area contributed by atoms with Crippen LogP contribution in [0.3, 0.4) is 0 Å². The SMILES string of the molecule is C=CCOC12Oc3ccc(OCc4cccc(C)n4)cc3C3C(CCCCO)C(CCCCO)C=C(C(=NOC(C)(C)C)CC1N(C)C(=O)OC)C32. The molecule has 11 nitrogen and oxygen atoms in total. The minimum Gasteiger partial charge on any atom is -0.487 e. The second-order valence-electron chi connectivity index (χ2n) is 15.1. The largest absolute Gasteiger partial charge is 0.487 e. The van der Waals surface area contributed by atoms with Gasteiger partial charge in [-0.3, -0.25) is 4.98 Å². The summed E-state index contributed by atoms with van der Waals surface area (Å²) in [6.45, 7) is 12.5. The van der Waals surface area contributed by atoms with E-state index in [1.165, 1.54) is 7.11 Å². The minimum absolute atomic E-state index is 0.106. The number of aryl methyl sites for hydroxylation is 1. The van der Waals surface area contributed by atoms with Gasteiger partial charge in [0.15, 0.2) is 0 Å². The molecule has 0 radical (unpaired) electrons. The van der Waals surface area contributed by atoms with E-state index in [4.69, 9.17) is 28.9 Å². The number of hydrogen-bond acceptors (Lipinski definition) is 10. The van der Waals surface area contributed by atoms with E-state index in [1.807, 2.05) is 58.0 Å². The van der Waals surface area contributed by atoms with Crippen molar-refractivity contribution in [3.8, 4) is 11.5 Å². The number of aliphatic hydroxyl groups is 2. The predicted octanol–water partition coefficient (Wildman–Crippen LogP) is 7.10. The number of oxime groups is 1. The monoisotopic (exact) mass is 719 g/mol. The van der Waals surface area contributed by atoms with Gasteiger partial charge in [0.1, 0.15) is 29.7 Å². The summed E-state index contributed by atoms with van der Waals surface area (Å²) in [5.41, 5.74) is 3.89. The third kappa shape index (κ3) is 8.64. The molecule has 1 saturated carbocycles. The highest BCUT2D eigenvalue weighted by Gasteiger charge is 2.65. The van der Waals surface area contributed by atoms with Crippen molar-refractivity contribution in [1.29, 1.82) is 0 Å². The molecule has 2 aromatic rings. The fourth-order valence-electron chi connectivity index (χ4n) is 8.12. The molecule has 2 N–H and O–H groups in total. The lowest BCUT2D eigenvalue weighted by Gasteiger charge is -2.59. The van der Waals surface area contributed by atoms with E-state index >= 15 is 0 Å². The molecule has 1 aromatic carbocycles. The molecule has 6 atom stereocenters. The molecule has 5 rings (SSSR count). The number of carbonyl (C=O) groups is 1. The maximum Gasteiger partial charge on any atom is 0.409 e. The normalized spacial score (nSPS) is 25.7. The van der Waals surface area contributed by atoms with Gasteiger partial charge in [0.25, 0.3) is 0 Å². The number of amides is 1. The second-order valence-corrected chi connectivity index (χ2v) is 15.1. The van der Waals surface area contributed by atoms with Gasteiger partial charge in [-0.25, -0.2) is 4.79 Å². The molecule has 0 spiro atoms. The van der Waals surface area contributed by atoms with Gasteiger partial charge in [-0.15, -0.1) is 6.58 Å². The summed E-state index contributed by atoms with van der Waals surface area (Å²) in [6, 6.07) is 11.2. The van der Waals surface area contributed by atoms with Gasteiger partial charge in [-0.05, 0) is 101 Å². The lowest BCUT2D eigenvalue weighted by atomic mass is 9.55. The Morgan fingerprint density at radius 3 is 2.56 bits per heavy atom. The van der Waals surface area contributed by atoms with Crippen LogP contribution in [0.25, 0.3) is 0 Å². The number of hydrogen-bond donors (Lipinski definition) is 2. The molecule has 3 aliphatic rings. The number of aliphatic hydroxyl groups excluding tert-OH is 2. The number of pyridine rings is 1. The van der Waals surface area contributed by atoms with Crippen molar-refractivity contribution in [3.63, 3.8) is 0 Å². The zero-order valence-corrected chi connectivity index (χ0v) is 31.7. The summed E-state index contributed by atoms with van der Waals surface area (Å²) in [4.78, 5) is 25.6. The molecule has 1 aliphatic heterocycles. The first-order chi connectivity index (χ1) is 25.0. The second kappa shape index (κ2) is 17.3. The molecule has 2 heterocycles. The smallest absolute Gasteiger partial charge is 0.409 e. The van der Waals surface area contributed by atoms with Crippen LogP contribution in [0.2, 0.25) is 0 Å². The highest BCUT2D eigenvalue weighted by atomic mass is 16.7. The number of benzene rings is 1. The van der Waals surface area contributed by atoms with E-state index in [2.05, 4.69) is 23.7 Å². The van der Waals surface area contributed by atoms with Gasteiger partial charge >= 0.3 is 6.09 Å². The molecule has 6 unspecified atom stereocenters. The molecule has 1 aromatic heterocycles. The molecule has 1 fully saturated rings. The van der Waals surface area contributed by atoms with E-state index in [1.54, 1.807) is 18.0 Å². The van der Waals surface area contributed by atoms with Gasteiger partial charge < -0.3 is 38.9 Å². The fraction of sp³-hybridized carbons (Fsp3) is 0.585. The Morgan fingerprint density at radius 2 is 1.88 bits per heavy atom. The fourth-order valence-corrected chi connectivity index (χ4v) is 8.12. The summed E-state index contributed by atoms with van der Waals surface area (Å²) in [7, 11) is 3.07. The highest BCUT2D eigenvalue weighted by Crippen LogP contribution is 2.61.